The first-order valence-electron chi connectivity index (χ1n) is 6.16. The normalized spacial score (nSPS) is 10.2. The van der Waals surface area contributed by atoms with Crippen molar-refractivity contribution in [2.45, 2.75) is 11.8 Å². The van der Waals surface area contributed by atoms with Crippen molar-refractivity contribution in [1.29, 1.82) is 0 Å². The Morgan fingerprint density at radius 2 is 1.79 bits per heavy atom. The highest BCUT2D eigenvalue weighted by Gasteiger charge is 2.02. The second-order valence-corrected chi connectivity index (χ2v) is 4.92. The van der Waals surface area contributed by atoms with Gasteiger partial charge in [-0.15, -0.1) is 11.8 Å². The van der Waals surface area contributed by atoms with Crippen LogP contribution in [-0.4, -0.2) is 12.9 Å². The molecule has 4 heteroatoms. The molecule has 0 spiro atoms. The lowest BCUT2D eigenvalue weighted by atomic mass is 10.2. The van der Waals surface area contributed by atoms with Gasteiger partial charge < -0.3 is 15.8 Å². The second-order valence-electron chi connectivity index (χ2n) is 4.04. The number of hydrogen-bond acceptors (Lipinski definition) is 4. The van der Waals surface area contributed by atoms with Crippen LogP contribution in [0.3, 0.4) is 0 Å². The van der Waals surface area contributed by atoms with E-state index in [4.69, 9.17) is 10.5 Å². The maximum atomic E-state index is 5.85. The van der Waals surface area contributed by atoms with E-state index in [1.54, 1.807) is 11.8 Å². The van der Waals surface area contributed by atoms with Crippen LogP contribution in [-0.2, 0) is 0 Å². The lowest BCUT2D eigenvalue weighted by Crippen LogP contribution is -1.98. The van der Waals surface area contributed by atoms with Gasteiger partial charge in [-0.3, -0.25) is 0 Å². The SMILES string of the molecule is CCOc1cc(Nc2ccc(SC)cc2)ccc1N. The molecule has 2 aromatic carbocycles. The smallest absolute Gasteiger partial charge is 0.144 e. The number of nitrogen functional groups attached to an aromatic ring is 1. The molecule has 0 aromatic heterocycles. The molecule has 0 bridgehead atoms. The van der Waals surface area contributed by atoms with Crippen LogP contribution >= 0.6 is 11.8 Å². The van der Waals surface area contributed by atoms with Gasteiger partial charge in [-0.25, -0.2) is 0 Å². The molecule has 0 unspecified atom stereocenters. The summed E-state index contributed by atoms with van der Waals surface area (Å²) in [6, 6.07) is 14.0. The van der Waals surface area contributed by atoms with E-state index in [1.807, 2.05) is 25.1 Å². The van der Waals surface area contributed by atoms with Gasteiger partial charge >= 0.3 is 0 Å². The number of thioether (sulfide) groups is 1. The average molecular weight is 274 g/mol. The quantitative estimate of drug-likeness (QED) is 0.635. The van der Waals surface area contributed by atoms with Crippen molar-refractivity contribution in [3.05, 3.63) is 42.5 Å². The summed E-state index contributed by atoms with van der Waals surface area (Å²) in [5, 5.41) is 3.34. The molecule has 0 aliphatic carbocycles. The summed E-state index contributed by atoms with van der Waals surface area (Å²) >= 11 is 1.73. The van der Waals surface area contributed by atoms with Crippen LogP contribution in [0, 0.1) is 0 Å². The van der Waals surface area contributed by atoms with E-state index in [0.29, 0.717) is 18.0 Å². The molecule has 0 amide bonds. The van der Waals surface area contributed by atoms with Crippen LogP contribution in [0.1, 0.15) is 6.92 Å². The van der Waals surface area contributed by atoms with Gasteiger partial charge in [0.15, 0.2) is 0 Å². The van der Waals surface area contributed by atoms with Crippen molar-refractivity contribution in [2.24, 2.45) is 0 Å². The zero-order valence-corrected chi connectivity index (χ0v) is 12.0. The summed E-state index contributed by atoms with van der Waals surface area (Å²) in [6.07, 6.45) is 2.07. The summed E-state index contributed by atoms with van der Waals surface area (Å²) in [5.74, 6) is 0.716. The number of benzene rings is 2. The third-order valence-electron chi connectivity index (χ3n) is 2.69. The molecule has 2 rings (SSSR count). The minimum absolute atomic E-state index is 0.607. The lowest BCUT2D eigenvalue weighted by molar-refractivity contribution is 0.342. The molecular weight excluding hydrogens is 256 g/mol. The van der Waals surface area contributed by atoms with E-state index in [1.165, 1.54) is 4.90 Å². The Balaban J connectivity index is 2.15. The lowest BCUT2D eigenvalue weighted by Gasteiger charge is -2.11. The van der Waals surface area contributed by atoms with Crippen LogP contribution in [0.4, 0.5) is 17.1 Å². The molecule has 0 saturated heterocycles. The highest BCUT2D eigenvalue weighted by molar-refractivity contribution is 7.98. The summed E-state index contributed by atoms with van der Waals surface area (Å²) in [6.45, 7) is 2.55. The molecule has 0 atom stereocenters. The van der Waals surface area contributed by atoms with Crippen LogP contribution < -0.4 is 15.8 Å². The fraction of sp³-hybridized carbons (Fsp3) is 0.200. The predicted octanol–water partition coefficient (Wildman–Crippen LogP) is 4.13. The van der Waals surface area contributed by atoms with Gasteiger partial charge in [0.2, 0.25) is 0 Å². The zero-order chi connectivity index (χ0) is 13.7. The van der Waals surface area contributed by atoms with Crippen LogP contribution in [0.2, 0.25) is 0 Å². The van der Waals surface area contributed by atoms with Crippen molar-refractivity contribution in [3.63, 3.8) is 0 Å². The van der Waals surface area contributed by atoms with E-state index in [2.05, 4.69) is 35.8 Å². The van der Waals surface area contributed by atoms with Crippen LogP contribution in [0.25, 0.3) is 0 Å². The molecule has 3 nitrogen and oxygen atoms in total. The van der Waals surface area contributed by atoms with Gasteiger partial charge in [0.25, 0.3) is 0 Å². The summed E-state index contributed by atoms with van der Waals surface area (Å²) in [4.78, 5) is 1.25. The standard InChI is InChI=1S/C15H18N2OS/c1-3-18-15-10-12(6-9-14(15)16)17-11-4-7-13(19-2)8-5-11/h4-10,17H,3,16H2,1-2H3. The Morgan fingerprint density at radius 3 is 2.42 bits per heavy atom. The Kier molecular flexibility index (Phi) is 4.58. The van der Waals surface area contributed by atoms with E-state index < -0.39 is 0 Å². The molecule has 0 aliphatic rings. The first kappa shape index (κ1) is 13.6. The van der Waals surface area contributed by atoms with Gasteiger partial charge in [-0.1, -0.05) is 0 Å². The van der Waals surface area contributed by atoms with Gasteiger partial charge in [0.1, 0.15) is 5.75 Å². The summed E-state index contributed by atoms with van der Waals surface area (Å²) in [7, 11) is 0. The van der Waals surface area contributed by atoms with Crippen molar-refractivity contribution in [2.75, 3.05) is 23.9 Å². The molecule has 2 aromatic rings. The first-order valence-corrected chi connectivity index (χ1v) is 7.39. The molecule has 19 heavy (non-hydrogen) atoms. The van der Waals surface area contributed by atoms with Crippen LogP contribution in [0.5, 0.6) is 5.75 Å². The van der Waals surface area contributed by atoms with Gasteiger partial charge in [-0.2, -0.15) is 0 Å². The molecule has 0 fully saturated rings. The second kappa shape index (κ2) is 6.38. The van der Waals surface area contributed by atoms with E-state index in [0.717, 1.165) is 11.4 Å². The largest absolute Gasteiger partial charge is 0.492 e. The molecule has 3 N–H and O–H groups in total. The highest BCUT2D eigenvalue weighted by atomic mass is 32.2. The summed E-state index contributed by atoms with van der Waals surface area (Å²) < 4.78 is 5.48. The van der Waals surface area contributed by atoms with Crippen molar-refractivity contribution >= 4 is 28.8 Å². The molecule has 100 valence electrons. The molecule has 0 aliphatic heterocycles. The maximum Gasteiger partial charge on any atom is 0.144 e. The maximum absolute atomic E-state index is 5.85. The van der Waals surface area contributed by atoms with Crippen molar-refractivity contribution in [1.82, 2.24) is 0 Å². The topological polar surface area (TPSA) is 47.3 Å². The Labute approximate surface area is 118 Å². The number of nitrogens with two attached hydrogens (primary N) is 1. The van der Waals surface area contributed by atoms with Gasteiger partial charge in [0, 0.05) is 22.3 Å². The predicted molar refractivity (Wildman–Crippen MR) is 83.5 cm³/mol. The minimum Gasteiger partial charge on any atom is -0.492 e. The zero-order valence-electron chi connectivity index (χ0n) is 11.1. The summed E-state index contributed by atoms with van der Waals surface area (Å²) in [5.41, 5.74) is 8.52. The Hall–Kier alpha value is -1.81. The van der Waals surface area contributed by atoms with Crippen molar-refractivity contribution < 1.29 is 4.74 Å². The number of hydrogen-bond donors (Lipinski definition) is 2. The van der Waals surface area contributed by atoms with Gasteiger partial charge in [0.05, 0.1) is 12.3 Å². The molecular formula is C15H18N2OS. The van der Waals surface area contributed by atoms with Gasteiger partial charge in [-0.05, 0) is 49.6 Å². The third-order valence-corrected chi connectivity index (χ3v) is 3.44. The monoisotopic (exact) mass is 274 g/mol. The van der Waals surface area contributed by atoms with Crippen molar-refractivity contribution in [3.8, 4) is 5.75 Å². The van der Waals surface area contributed by atoms with Crippen LogP contribution in [0.15, 0.2) is 47.4 Å². The molecule has 0 saturated carbocycles. The third kappa shape index (κ3) is 3.58. The van der Waals surface area contributed by atoms with E-state index in [9.17, 15) is 0 Å². The minimum atomic E-state index is 0.607. The number of ether oxygens (including phenoxy) is 1. The average Bonchev–Trinajstić information content (AvgIpc) is 2.44. The van der Waals surface area contributed by atoms with E-state index in [-0.39, 0.29) is 0 Å². The Morgan fingerprint density at radius 1 is 1.11 bits per heavy atom. The molecule has 0 radical (unpaired) electrons. The first-order chi connectivity index (χ1) is 9.22. The number of nitrogens with one attached hydrogen (secondary N) is 1. The Bertz CT molecular complexity index is 540. The number of anilines is 3. The molecule has 0 heterocycles. The number of rotatable bonds is 5. The fourth-order valence-electron chi connectivity index (χ4n) is 1.73. The van der Waals surface area contributed by atoms with E-state index >= 15 is 0 Å². The highest BCUT2D eigenvalue weighted by Crippen LogP contribution is 2.28. The fourth-order valence-corrected chi connectivity index (χ4v) is 2.14.